The molecular weight excluding hydrogens is 405 g/mol. The number of aromatic amines is 1. The molecule has 154 valence electrons. The van der Waals surface area contributed by atoms with E-state index in [9.17, 15) is 9.18 Å². The molecule has 30 heavy (non-hydrogen) atoms. The minimum atomic E-state index is -0.585. The first-order valence-electron chi connectivity index (χ1n) is 9.63. The van der Waals surface area contributed by atoms with Gasteiger partial charge in [0.05, 0.1) is 11.1 Å². The van der Waals surface area contributed by atoms with Crippen LogP contribution in [0.25, 0.3) is 16.5 Å². The lowest BCUT2D eigenvalue weighted by molar-refractivity contribution is 0.291. The Labute approximate surface area is 178 Å². The lowest BCUT2D eigenvalue weighted by atomic mass is 9.98. The number of hydrogen-bond acceptors (Lipinski definition) is 3. The van der Waals surface area contributed by atoms with Crippen LogP contribution in [0.2, 0.25) is 5.15 Å². The van der Waals surface area contributed by atoms with Crippen LogP contribution in [0, 0.1) is 12.7 Å². The normalized spacial score (nSPS) is 11.4. The lowest BCUT2D eigenvalue weighted by Gasteiger charge is -2.16. The number of benzene rings is 2. The largest absolute Gasteiger partial charge is 0.486 e. The van der Waals surface area contributed by atoms with E-state index in [0.29, 0.717) is 16.8 Å². The molecule has 7 heteroatoms. The molecule has 0 unspecified atom stereocenters. The van der Waals surface area contributed by atoms with Gasteiger partial charge in [0, 0.05) is 6.20 Å². The first kappa shape index (κ1) is 20.2. The number of ether oxygens (including phenoxy) is 1. The number of H-pyrrole nitrogens is 1. The SMILES string of the molecule is Cc1[nH]nc(Cl)c1-n1cc(C(C)C)c2cc(OCc3ccccc3)c(F)cc2c1=O. The van der Waals surface area contributed by atoms with E-state index in [4.69, 9.17) is 16.3 Å². The van der Waals surface area contributed by atoms with E-state index >= 15 is 0 Å². The highest BCUT2D eigenvalue weighted by atomic mass is 35.5. The van der Waals surface area contributed by atoms with Crippen molar-refractivity contribution < 1.29 is 9.13 Å². The molecule has 0 aliphatic carbocycles. The highest BCUT2D eigenvalue weighted by Gasteiger charge is 2.19. The molecule has 2 heterocycles. The van der Waals surface area contributed by atoms with Gasteiger partial charge in [-0.15, -0.1) is 0 Å². The second-order valence-electron chi connectivity index (χ2n) is 7.50. The summed E-state index contributed by atoms with van der Waals surface area (Å²) < 4.78 is 22.0. The van der Waals surface area contributed by atoms with Crippen molar-refractivity contribution in [1.82, 2.24) is 14.8 Å². The predicted molar refractivity (Wildman–Crippen MR) is 116 cm³/mol. The second-order valence-corrected chi connectivity index (χ2v) is 7.86. The van der Waals surface area contributed by atoms with Gasteiger partial charge in [-0.25, -0.2) is 4.39 Å². The summed E-state index contributed by atoms with van der Waals surface area (Å²) in [5, 5.41) is 7.85. The van der Waals surface area contributed by atoms with Crippen molar-refractivity contribution >= 4 is 22.4 Å². The molecule has 2 aromatic heterocycles. The topological polar surface area (TPSA) is 59.9 Å². The van der Waals surface area contributed by atoms with E-state index < -0.39 is 5.82 Å². The summed E-state index contributed by atoms with van der Waals surface area (Å²) in [6.45, 7) is 6.05. The Morgan fingerprint density at radius 2 is 1.93 bits per heavy atom. The minimum absolute atomic E-state index is 0.0813. The number of nitrogens with one attached hydrogen (secondary N) is 1. The Morgan fingerprint density at radius 3 is 2.57 bits per heavy atom. The van der Waals surface area contributed by atoms with Crippen LogP contribution in [0.1, 0.15) is 36.6 Å². The highest BCUT2D eigenvalue weighted by molar-refractivity contribution is 6.31. The maximum absolute atomic E-state index is 14.9. The number of aromatic nitrogens is 3. The van der Waals surface area contributed by atoms with Crippen molar-refractivity contribution in [3.63, 3.8) is 0 Å². The molecule has 4 rings (SSSR count). The van der Waals surface area contributed by atoms with Crippen molar-refractivity contribution in [3.8, 4) is 11.4 Å². The number of pyridine rings is 1. The summed E-state index contributed by atoms with van der Waals surface area (Å²) in [4.78, 5) is 13.2. The summed E-state index contributed by atoms with van der Waals surface area (Å²) in [5.41, 5.74) is 2.57. The van der Waals surface area contributed by atoms with E-state index in [-0.39, 0.29) is 34.4 Å². The Balaban J connectivity index is 1.87. The monoisotopic (exact) mass is 425 g/mol. The van der Waals surface area contributed by atoms with E-state index in [1.54, 1.807) is 19.2 Å². The van der Waals surface area contributed by atoms with Crippen molar-refractivity contribution in [2.75, 3.05) is 0 Å². The fourth-order valence-electron chi connectivity index (χ4n) is 3.51. The lowest BCUT2D eigenvalue weighted by Crippen LogP contribution is -2.20. The first-order chi connectivity index (χ1) is 14.4. The molecule has 0 radical (unpaired) electrons. The summed E-state index contributed by atoms with van der Waals surface area (Å²) in [6, 6.07) is 12.4. The molecule has 0 atom stereocenters. The van der Waals surface area contributed by atoms with Gasteiger partial charge in [-0.2, -0.15) is 5.10 Å². The predicted octanol–water partition coefficient (Wildman–Crippen LogP) is 5.52. The molecule has 0 amide bonds. The number of rotatable bonds is 5. The van der Waals surface area contributed by atoms with E-state index in [0.717, 1.165) is 11.1 Å². The molecule has 5 nitrogen and oxygen atoms in total. The van der Waals surface area contributed by atoms with Gasteiger partial charge in [-0.3, -0.25) is 14.5 Å². The molecular formula is C23H21ClFN3O2. The fraction of sp³-hybridized carbons (Fsp3) is 0.217. The van der Waals surface area contributed by atoms with E-state index in [1.807, 2.05) is 44.2 Å². The highest BCUT2D eigenvalue weighted by Crippen LogP contribution is 2.31. The van der Waals surface area contributed by atoms with Crippen LogP contribution >= 0.6 is 11.6 Å². The fourth-order valence-corrected chi connectivity index (χ4v) is 3.79. The zero-order chi connectivity index (χ0) is 21.4. The summed E-state index contributed by atoms with van der Waals surface area (Å²) >= 11 is 6.19. The van der Waals surface area contributed by atoms with Gasteiger partial charge in [0.1, 0.15) is 12.3 Å². The van der Waals surface area contributed by atoms with E-state index in [2.05, 4.69) is 10.2 Å². The number of aryl methyl sites for hydroxylation is 1. The first-order valence-corrected chi connectivity index (χ1v) is 10.0. The van der Waals surface area contributed by atoms with Gasteiger partial charge >= 0.3 is 0 Å². The van der Waals surface area contributed by atoms with Crippen molar-refractivity contribution in [2.24, 2.45) is 0 Å². The van der Waals surface area contributed by atoms with Crippen LogP contribution in [0.5, 0.6) is 5.75 Å². The van der Waals surface area contributed by atoms with Gasteiger partial charge in [0.25, 0.3) is 5.56 Å². The molecule has 0 bridgehead atoms. The summed E-state index contributed by atoms with van der Waals surface area (Å²) in [5.74, 6) is -0.390. The van der Waals surface area contributed by atoms with Crippen LogP contribution in [-0.4, -0.2) is 14.8 Å². The molecule has 0 saturated heterocycles. The standard InChI is InChI=1S/C23H21ClFN3O2/c1-13(2)18-11-28(21-14(3)26-27-22(21)24)23(29)17-9-19(25)20(10-16(17)18)30-12-15-7-5-4-6-8-15/h4-11,13H,12H2,1-3H3,(H,26,27). The third-order valence-corrected chi connectivity index (χ3v) is 5.34. The van der Waals surface area contributed by atoms with Gasteiger partial charge in [-0.1, -0.05) is 55.8 Å². The molecule has 0 aliphatic rings. The van der Waals surface area contributed by atoms with Crippen LogP contribution < -0.4 is 10.3 Å². The average molecular weight is 426 g/mol. The number of nitrogens with zero attached hydrogens (tertiary/aromatic N) is 2. The molecule has 1 N–H and O–H groups in total. The zero-order valence-corrected chi connectivity index (χ0v) is 17.6. The Kier molecular flexibility index (Phi) is 5.35. The van der Waals surface area contributed by atoms with Crippen LogP contribution in [0.15, 0.2) is 53.5 Å². The molecule has 4 aromatic rings. The van der Waals surface area contributed by atoms with Crippen LogP contribution in [0.4, 0.5) is 4.39 Å². The maximum Gasteiger partial charge on any atom is 0.263 e. The van der Waals surface area contributed by atoms with Crippen molar-refractivity contribution in [3.05, 3.63) is 86.8 Å². The second kappa shape index (κ2) is 7.95. The summed E-state index contributed by atoms with van der Waals surface area (Å²) in [6.07, 6.45) is 1.75. The third-order valence-electron chi connectivity index (χ3n) is 5.07. The van der Waals surface area contributed by atoms with Gasteiger partial charge in [0.2, 0.25) is 0 Å². The number of halogens is 2. The van der Waals surface area contributed by atoms with Crippen LogP contribution in [-0.2, 0) is 6.61 Å². The Bertz CT molecular complexity index is 1260. The maximum atomic E-state index is 14.9. The number of fused-ring (bicyclic) bond motifs is 1. The van der Waals surface area contributed by atoms with Gasteiger partial charge in [0.15, 0.2) is 16.7 Å². The summed E-state index contributed by atoms with van der Waals surface area (Å²) in [7, 11) is 0. The van der Waals surface area contributed by atoms with Crippen molar-refractivity contribution in [2.45, 2.75) is 33.3 Å². The number of hydrogen-bond donors (Lipinski definition) is 1. The molecule has 0 fully saturated rings. The Hall–Kier alpha value is -3.12. The van der Waals surface area contributed by atoms with Crippen molar-refractivity contribution in [1.29, 1.82) is 0 Å². The molecule has 0 spiro atoms. The van der Waals surface area contributed by atoms with Gasteiger partial charge in [-0.05, 0) is 41.5 Å². The molecule has 0 aliphatic heterocycles. The third kappa shape index (κ3) is 3.59. The van der Waals surface area contributed by atoms with E-state index in [1.165, 1.54) is 10.6 Å². The van der Waals surface area contributed by atoms with Gasteiger partial charge < -0.3 is 4.74 Å². The Morgan fingerprint density at radius 1 is 1.20 bits per heavy atom. The molecule has 2 aromatic carbocycles. The smallest absolute Gasteiger partial charge is 0.263 e. The quantitative estimate of drug-likeness (QED) is 0.458. The minimum Gasteiger partial charge on any atom is -0.486 e. The molecule has 0 saturated carbocycles. The van der Waals surface area contributed by atoms with Crippen LogP contribution in [0.3, 0.4) is 0 Å². The zero-order valence-electron chi connectivity index (χ0n) is 16.9. The average Bonchev–Trinajstić information content (AvgIpc) is 3.06.